The second-order valence-corrected chi connectivity index (χ2v) is 5.91. The monoisotopic (exact) mass is 275 g/mol. The van der Waals surface area contributed by atoms with Crippen LogP contribution in [0.15, 0.2) is 54.1 Å². The number of para-hydroxylation sites is 1. The molecule has 0 bridgehead atoms. The predicted molar refractivity (Wildman–Crippen MR) is 92.1 cm³/mol. The number of fused-ring (bicyclic) bond motifs is 1. The molecule has 3 aromatic rings. The molecule has 0 spiro atoms. The van der Waals surface area contributed by atoms with E-state index >= 15 is 0 Å². The second kappa shape index (κ2) is 5.25. The summed E-state index contributed by atoms with van der Waals surface area (Å²) in [5.74, 6) is 0. The third kappa shape index (κ3) is 2.40. The van der Waals surface area contributed by atoms with Gasteiger partial charge in [0.25, 0.3) is 0 Å². The van der Waals surface area contributed by atoms with Crippen LogP contribution in [0.2, 0.25) is 0 Å². The molecule has 21 heavy (non-hydrogen) atoms. The van der Waals surface area contributed by atoms with E-state index in [9.17, 15) is 0 Å². The minimum atomic E-state index is 1.23. The van der Waals surface area contributed by atoms with Gasteiger partial charge in [0.15, 0.2) is 0 Å². The summed E-state index contributed by atoms with van der Waals surface area (Å²) in [6.07, 6.45) is 2.28. The molecule has 3 rings (SSSR count). The average molecular weight is 275 g/mol. The Morgan fingerprint density at radius 2 is 1.71 bits per heavy atom. The van der Waals surface area contributed by atoms with Gasteiger partial charge in [-0.2, -0.15) is 0 Å². The van der Waals surface area contributed by atoms with Crippen LogP contribution >= 0.6 is 0 Å². The summed E-state index contributed by atoms with van der Waals surface area (Å²) in [5, 5.41) is 1.32. The third-order valence-electron chi connectivity index (χ3n) is 3.85. The van der Waals surface area contributed by atoms with Gasteiger partial charge in [-0.3, -0.25) is 0 Å². The summed E-state index contributed by atoms with van der Waals surface area (Å²) in [6, 6.07) is 17.3. The molecular formula is C20H21N. The number of aryl methyl sites for hydroxylation is 1. The number of benzene rings is 2. The zero-order valence-corrected chi connectivity index (χ0v) is 13.1. The Kier molecular flexibility index (Phi) is 3.42. The smallest absolute Gasteiger partial charge is 0.0537 e. The van der Waals surface area contributed by atoms with E-state index in [2.05, 4.69) is 86.9 Å². The van der Waals surface area contributed by atoms with E-state index in [0.717, 1.165) is 0 Å². The van der Waals surface area contributed by atoms with Gasteiger partial charge < -0.3 is 4.57 Å². The average Bonchev–Trinajstić information content (AvgIpc) is 2.71. The first-order chi connectivity index (χ1) is 10.1. The van der Waals surface area contributed by atoms with Crippen LogP contribution in [0.25, 0.3) is 22.7 Å². The summed E-state index contributed by atoms with van der Waals surface area (Å²) in [5.41, 5.74) is 7.74. The van der Waals surface area contributed by atoms with Gasteiger partial charge in [0.2, 0.25) is 0 Å². The van der Waals surface area contributed by atoms with E-state index in [4.69, 9.17) is 0 Å². The van der Waals surface area contributed by atoms with Crippen molar-refractivity contribution in [2.75, 3.05) is 0 Å². The predicted octanol–water partition coefficient (Wildman–Crippen LogP) is 5.67. The molecule has 0 aliphatic heterocycles. The first-order valence-electron chi connectivity index (χ1n) is 7.40. The van der Waals surface area contributed by atoms with E-state index < -0.39 is 0 Å². The number of aromatic nitrogens is 1. The lowest BCUT2D eigenvalue weighted by Gasteiger charge is -2.09. The maximum absolute atomic E-state index is 2.36. The molecule has 1 heterocycles. The Hall–Kier alpha value is -2.28. The molecule has 0 aliphatic carbocycles. The first-order valence-corrected chi connectivity index (χ1v) is 7.40. The Morgan fingerprint density at radius 1 is 0.952 bits per heavy atom. The minimum Gasteiger partial charge on any atom is -0.313 e. The maximum atomic E-state index is 2.36. The molecule has 0 saturated carbocycles. The third-order valence-corrected chi connectivity index (χ3v) is 3.85. The molecule has 0 fully saturated rings. The van der Waals surface area contributed by atoms with Crippen LogP contribution < -0.4 is 0 Å². The van der Waals surface area contributed by atoms with Crippen LogP contribution in [0.3, 0.4) is 0 Å². The van der Waals surface area contributed by atoms with Crippen LogP contribution in [0.4, 0.5) is 0 Å². The highest BCUT2D eigenvalue weighted by Crippen LogP contribution is 2.30. The largest absolute Gasteiger partial charge is 0.313 e. The van der Waals surface area contributed by atoms with E-state index in [1.54, 1.807) is 0 Å². The number of nitrogens with zero attached hydrogens (tertiary/aromatic N) is 1. The van der Waals surface area contributed by atoms with Gasteiger partial charge in [0.05, 0.1) is 5.52 Å². The van der Waals surface area contributed by atoms with Crippen molar-refractivity contribution in [1.82, 2.24) is 4.57 Å². The molecule has 0 radical (unpaired) electrons. The molecule has 0 atom stereocenters. The molecule has 1 aromatic heterocycles. The molecule has 0 amide bonds. The highest BCUT2D eigenvalue weighted by Gasteiger charge is 2.13. The van der Waals surface area contributed by atoms with Crippen molar-refractivity contribution in [3.05, 3.63) is 70.9 Å². The van der Waals surface area contributed by atoms with Gasteiger partial charge in [-0.1, -0.05) is 42.0 Å². The summed E-state index contributed by atoms with van der Waals surface area (Å²) in [6.45, 7) is 8.65. The molecule has 0 saturated heterocycles. The van der Waals surface area contributed by atoms with Crippen molar-refractivity contribution < 1.29 is 0 Å². The van der Waals surface area contributed by atoms with Crippen LogP contribution in [0.1, 0.15) is 30.7 Å². The van der Waals surface area contributed by atoms with Gasteiger partial charge >= 0.3 is 0 Å². The molecule has 106 valence electrons. The van der Waals surface area contributed by atoms with E-state index in [1.807, 2.05) is 0 Å². The second-order valence-electron chi connectivity index (χ2n) is 5.91. The maximum Gasteiger partial charge on any atom is 0.0537 e. The number of hydrogen-bond donors (Lipinski definition) is 0. The summed E-state index contributed by atoms with van der Waals surface area (Å²) < 4.78 is 2.36. The normalized spacial score (nSPS) is 10.9. The zero-order chi connectivity index (χ0) is 15.0. The fourth-order valence-corrected chi connectivity index (χ4v) is 2.96. The lowest BCUT2D eigenvalue weighted by atomic mass is 10.1. The van der Waals surface area contributed by atoms with Crippen molar-refractivity contribution in [3.8, 4) is 5.69 Å². The fraction of sp³-hybridized carbons (Fsp3) is 0.200. The Balaban J connectivity index is 2.38. The molecular weight excluding hydrogens is 254 g/mol. The van der Waals surface area contributed by atoms with Crippen molar-refractivity contribution in [2.45, 2.75) is 27.7 Å². The Bertz CT molecular complexity index is 830. The van der Waals surface area contributed by atoms with Crippen molar-refractivity contribution >= 4 is 17.0 Å². The van der Waals surface area contributed by atoms with Gasteiger partial charge in [0, 0.05) is 22.3 Å². The first kappa shape index (κ1) is 13.7. The van der Waals surface area contributed by atoms with Gasteiger partial charge in [-0.25, -0.2) is 0 Å². The lowest BCUT2D eigenvalue weighted by Crippen LogP contribution is -1.97. The Morgan fingerprint density at radius 3 is 2.43 bits per heavy atom. The van der Waals surface area contributed by atoms with E-state index in [-0.39, 0.29) is 0 Å². The molecule has 0 unspecified atom stereocenters. The van der Waals surface area contributed by atoms with Gasteiger partial charge in [-0.15, -0.1) is 0 Å². The molecule has 1 heteroatoms. The zero-order valence-electron chi connectivity index (χ0n) is 13.1. The highest BCUT2D eigenvalue weighted by atomic mass is 15.0. The topological polar surface area (TPSA) is 4.93 Å². The highest BCUT2D eigenvalue weighted by molar-refractivity contribution is 5.93. The van der Waals surface area contributed by atoms with Gasteiger partial charge in [0.1, 0.15) is 0 Å². The van der Waals surface area contributed by atoms with E-state index in [1.165, 1.54) is 39.0 Å². The van der Waals surface area contributed by atoms with Crippen molar-refractivity contribution in [1.29, 1.82) is 0 Å². The minimum absolute atomic E-state index is 1.23. The van der Waals surface area contributed by atoms with Crippen molar-refractivity contribution in [2.24, 2.45) is 0 Å². The van der Waals surface area contributed by atoms with Gasteiger partial charge in [-0.05, 0) is 51.5 Å². The molecule has 0 N–H and O–H groups in total. The van der Waals surface area contributed by atoms with Crippen LogP contribution in [0.5, 0.6) is 0 Å². The lowest BCUT2D eigenvalue weighted by molar-refractivity contribution is 1.05. The van der Waals surface area contributed by atoms with Crippen LogP contribution in [-0.2, 0) is 0 Å². The quantitative estimate of drug-likeness (QED) is 0.568. The van der Waals surface area contributed by atoms with E-state index in [0.29, 0.717) is 0 Å². The summed E-state index contributed by atoms with van der Waals surface area (Å²) in [7, 11) is 0. The van der Waals surface area contributed by atoms with Crippen LogP contribution in [0, 0.1) is 13.8 Å². The van der Waals surface area contributed by atoms with Crippen LogP contribution in [-0.4, -0.2) is 4.57 Å². The summed E-state index contributed by atoms with van der Waals surface area (Å²) in [4.78, 5) is 0. The Labute approximate surface area is 126 Å². The number of allylic oxidation sites excluding steroid dienone is 1. The molecule has 2 aromatic carbocycles. The standard InChI is InChI=1S/C20H21N/c1-14(2)12-19-16(4)21(17-9-7-8-15(3)13-17)20-11-6-5-10-18(19)20/h5-13H,1-4H3. The summed E-state index contributed by atoms with van der Waals surface area (Å²) >= 11 is 0. The molecule has 0 aliphatic rings. The SMILES string of the molecule is CC(C)=Cc1c(C)n(-c2cccc(C)c2)c2ccccc12. The number of rotatable bonds is 2. The molecule has 1 nitrogen and oxygen atoms in total. The fourth-order valence-electron chi connectivity index (χ4n) is 2.96. The van der Waals surface area contributed by atoms with Crippen molar-refractivity contribution in [3.63, 3.8) is 0 Å². The number of hydrogen-bond acceptors (Lipinski definition) is 0.